The van der Waals surface area contributed by atoms with Gasteiger partial charge in [-0.2, -0.15) is 8.42 Å². The number of alkyl carbamates (subject to hydrolysis) is 2. The van der Waals surface area contributed by atoms with Gasteiger partial charge in [-0.25, -0.2) is 18.0 Å². The van der Waals surface area contributed by atoms with Crippen LogP contribution in [-0.2, 0) is 45.7 Å². The van der Waals surface area contributed by atoms with Gasteiger partial charge >= 0.3 is 12.2 Å². The van der Waals surface area contributed by atoms with Crippen molar-refractivity contribution in [3.8, 4) is 0 Å². The van der Waals surface area contributed by atoms with Gasteiger partial charge in [0.2, 0.25) is 9.05 Å². The van der Waals surface area contributed by atoms with E-state index in [4.69, 9.17) is 36.9 Å². The summed E-state index contributed by atoms with van der Waals surface area (Å²) in [5, 5.41) is 15.8. The van der Waals surface area contributed by atoms with Crippen molar-refractivity contribution in [1.29, 1.82) is 0 Å². The Kier molecular flexibility index (Phi) is 19.2. The lowest BCUT2D eigenvalue weighted by atomic mass is 10.1. The fourth-order valence-corrected chi connectivity index (χ4v) is 3.94. The fourth-order valence-electron chi connectivity index (χ4n) is 3.28. The average molecular weight is 764 g/mol. The molecule has 0 aliphatic carbocycles. The Hall–Kier alpha value is -2.33. The third-order valence-electron chi connectivity index (χ3n) is 4.94. The van der Waals surface area contributed by atoms with E-state index in [-0.39, 0.29) is 19.3 Å². The lowest BCUT2D eigenvalue weighted by Crippen LogP contribution is -2.43. The van der Waals surface area contributed by atoms with Gasteiger partial charge in [0, 0.05) is 20.7 Å². The minimum absolute atomic E-state index is 0.151. The number of aliphatic hydroxyl groups is 1. The highest BCUT2D eigenvalue weighted by Crippen LogP contribution is 2.14. The van der Waals surface area contributed by atoms with Gasteiger partial charge in [0.15, 0.2) is 0 Å². The van der Waals surface area contributed by atoms with Crippen LogP contribution in [0.2, 0.25) is 10.0 Å². The molecule has 0 saturated heterocycles. The topological polar surface area (TPSA) is 174 Å². The molecule has 0 aliphatic heterocycles. The van der Waals surface area contributed by atoms with E-state index in [1.165, 1.54) is 0 Å². The highest BCUT2D eigenvalue weighted by atomic mass is 35.7. The summed E-state index contributed by atoms with van der Waals surface area (Å²) in [6.45, 7) is 10.3. The summed E-state index contributed by atoms with van der Waals surface area (Å²) >= 11 is 11.6. The molecule has 0 spiro atoms. The van der Waals surface area contributed by atoms with Crippen molar-refractivity contribution in [2.75, 3.05) is 25.7 Å². The van der Waals surface area contributed by atoms with Crippen LogP contribution in [0.1, 0.15) is 52.7 Å². The minimum Gasteiger partial charge on any atom is -0.444 e. The van der Waals surface area contributed by atoms with Crippen molar-refractivity contribution >= 4 is 65.2 Å². The van der Waals surface area contributed by atoms with Gasteiger partial charge in [-0.05, 0) is 89.8 Å². The monoisotopic (exact) mass is 762 g/mol. The van der Waals surface area contributed by atoms with E-state index in [2.05, 4.69) is 21.3 Å². The molecule has 2 aromatic rings. The van der Waals surface area contributed by atoms with Gasteiger partial charge in [0.05, 0.1) is 37.8 Å². The van der Waals surface area contributed by atoms with Crippen LogP contribution in [0.15, 0.2) is 48.5 Å². The van der Waals surface area contributed by atoms with E-state index in [1.54, 1.807) is 77.9 Å². The number of rotatable bonds is 10. The van der Waals surface area contributed by atoms with Crippen molar-refractivity contribution < 1.29 is 45.2 Å². The molecular weight excluding hydrogens is 719 g/mol. The normalized spacial score (nSPS) is 13.0. The Morgan fingerprint density at radius 1 is 0.723 bits per heavy atom. The van der Waals surface area contributed by atoms with Crippen LogP contribution in [0.3, 0.4) is 0 Å². The number of carbonyl (C=O) groups is 2. The molecule has 0 fully saturated rings. The summed E-state index contributed by atoms with van der Waals surface area (Å²) in [7, 11) is -2.29. The minimum atomic E-state index is -3.60. The number of ether oxygens (including phenoxy) is 2. The van der Waals surface area contributed by atoms with Gasteiger partial charge in [-0.15, -0.1) is 0 Å². The number of hydrogen-bond donors (Lipinski definition) is 3. The molecule has 0 aromatic heterocycles. The maximum atomic E-state index is 11.9. The largest absolute Gasteiger partial charge is 0.444 e. The van der Waals surface area contributed by atoms with Crippen LogP contribution >= 0.6 is 33.9 Å². The van der Waals surface area contributed by atoms with Gasteiger partial charge in [0.1, 0.15) is 11.2 Å². The quantitative estimate of drug-likeness (QED) is 0.201. The molecule has 0 aliphatic rings. The number of aliphatic hydroxyl groups excluding tert-OH is 1. The van der Waals surface area contributed by atoms with E-state index in [9.17, 15) is 31.5 Å². The molecule has 12 nitrogen and oxygen atoms in total. The fraction of sp³-hybridized carbons (Fsp3) is 0.533. The lowest BCUT2D eigenvalue weighted by Gasteiger charge is -2.23. The molecule has 0 saturated carbocycles. The Bertz CT molecular complexity index is 1450. The smallest absolute Gasteiger partial charge is 0.407 e. The van der Waals surface area contributed by atoms with Crippen LogP contribution < -0.4 is 10.6 Å². The summed E-state index contributed by atoms with van der Waals surface area (Å²) in [5.74, 6) is 0. The molecule has 2 rings (SSSR count). The van der Waals surface area contributed by atoms with Crippen molar-refractivity contribution in [3.05, 3.63) is 69.7 Å². The molecular formula is C30H45Cl3N2O10S2. The van der Waals surface area contributed by atoms with Crippen LogP contribution in [-0.4, -0.2) is 83.1 Å². The number of halogens is 3. The lowest BCUT2D eigenvalue weighted by molar-refractivity contribution is 0.0474. The molecule has 2 unspecified atom stereocenters. The summed E-state index contributed by atoms with van der Waals surface area (Å²) in [6, 6.07) is 13.4. The number of carbonyl (C=O) groups excluding carboxylic acids is 2. The molecule has 2 aromatic carbocycles. The first-order valence-corrected chi connectivity index (χ1v) is 19.4. The summed E-state index contributed by atoms with van der Waals surface area (Å²) in [4.78, 5) is 23.5. The van der Waals surface area contributed by atoms with Gasteiger partial charge in [-0.1, -0.05) is 47.5 Å². The molecule has 268 valence electrons. The van der Waals surface area contributed by atoms with Crippen LogP contribution in [0, 0.1) is 0 Å². The molecule has 17 heteroatoms. The van der Waals surface area contributed by atoms with Crippen molar-refractivity contribution in [2.45, 2.75) is 77.7 Å². The number of nitrogens with one attached hydrogen (secondary N) is 2. The molecule has 0 bridgehead atoms. The highest BCUT2D eigenvalue weighted by Gasteiger charge is 2.22. The second-order valence-corrected chi connectivity index (χ2v) is 17.8. The number of amides is 2. The maximum Gasteiger partial charge on any atom is 0.407 e. The Morgan fingerprint density at radius 3 is 1.34 bits per heavy atom. The van der Waals surface area contributed by atoms with Crippen molar-refractivity contribution in [1.82, 2.24) is 10.6 Å². The first kappa shape index (κ1) is 44.7. The first-order valence-electron chi connectivity index (χ1n) is 14.1. The molecule has 2 atom stereocenters. The highest BCUT2D eigenvalue weighted by molar-refractivity contribution is 8.13. The van der Waals surface area contributed by atoms with Crippen LogP contribution in [0.25, 0.3) is 0 Å². The summed E-state index contributed by atoms with van der Waals surface area (Å²) < 4.78 is 56.2. The van der Waals surface area contributed by atoms with E-state index < -0.39 is 48.6 Å². The van der Waals surface area contributed by atoms with Crippen LogP contribution in [0.5, 0.6) is 0 Å². The Labute approximate surface area is 293 Å². The zero-order valence-electron chi connectivity index (χ0n) is 27.7. The van der Waals surface area contributed by atoms with Gasteiger partial charge in [-0.3, -0.25) is 4.18 Å². The Morgan fingerprint density at radius 2 is 1.04 bits per heavy atom. The first-order chi connectivity index (χ1) is 21.2. The average Bonchev–Trinajstić information content (AvgIpc) is 2.86. The van der Waals surface area contributed by atoms with Gasteiger partial charge in [0.25, 0.3) is 10.1 Å². The van der Waals surface area contributed by atoms with E-state index >= 15 is 0 Å². The van der Waals surface area contributed by atoms with Gasteiger partial charge < -0.3 is 25.2 Å². The third-order valence-corrected chi connectivity index (χ3v) is 6.00. The van der Waals surface area contributed by atoms with Crippen molar-refractivity contribution in [3.63, 3.8) is 0 Å². The van der Waals surface area contributed by atoms with E-state index in [0.29, 0.717) is 22.9 Å². The zero-order chi connectivity index (χ0) is 36.6. The molecule has 0 radical (unpaired) electrons. The predicted molar refractivity (Wildman–Crippen MR) is 185 cm³/mol. The van der Waals surface area contributed by atoms with E-state index in [0.717, 1.165) is 23.6 Å². The summed E-state index contributed by atoms with van der Waals surface area (Å²) in [5.41, 5.74) is 0.670. The molecule has 0 heterocycles. The van der Waals surface area contributed by atoms with Crippen LogP contribution in [0.4, 0.5) is 9.59 Å². The second kappa shape index (κ2) is 20.2. The zero-order valence-corrected chi connectivity index (χ0v) is 31.6. The molecule has 47 heavy (non-hydrogen) atoms. The van der Waals surface area contributed by atoms with E-state index in [1.807, 2.05) is 12.1 Å². The maximum absolute atomic E-state index is 11.9. The predicted octanol–water partition coefficient (Wildman–Crippen LogP) is 5.70. The molecule has 3 N–H and O–H groups in total. The second-order valence-electron chi connectivity index (χ2n) is 12.2. The van der Waals surface area contributed by atoms with Crippen molar-refractivity contribution in [2.24, 2.45) is 0 Å². The molecule has 2 amide bonds. The number of benzene rings is 2. The number of hydrogen-bond acceptors (Lipinski definition) is 10. The summed E-state index contributed by atoms with van der Waals surface area (Å²) in [6.07, 6.45) is 1.63. The third kappa shape index (κ3) is 28.4. The standard InChI is InChI=1S/C15H22ClNO5S.C14H20ClNO3.CH3ClO2S/c1-15(2,3)22-14(18)17-13(10-21-23(4,19)20)9-11-5-7-12(16)8-6-11;1-14(2,3)19-13(18)16-12(9-17)8-10-4-6-11(15)7-5-10;1-5(2,3)4/h5-8,13H,9-10H2,1-4H3,(H,17,18);4-7,12,17H,8-9H2,1-3H3,(H,16,18);1H3. The SMILES string of the molecule is CC(C)(C)OC(=O)NC(CO)Cc1ccc(Cl)cc1.CC(C)(C)OC(=O)NC(COS(C)(=O)=O)Cc1ccc(Cl)cc1.CS(=O)(=O)Cl. The Balaban J connectivity index is 0.000000797.